The molecule has 2 aliphatic rings. The molecule has 9 nitrogen and oxygen atoms in total. The predicted molar refractivity (Wildman–Crippen MR) is 128 cm³/mol. The van der Waals surface area contributed by atoms with E-state index in [1.807, 2.05) is 0 Å². The van der Waals surface area contributed by atoms with Gasteiger partial charge in [0.15, 0.2) is 0 Å². The molecule has 2 aliphatic heterocycles. The Labute approximate surface area is 215 Å². The van der Waals surface area contributed by atoms with Crippen LogP contribution in [0.4, 0.5) is 18.9 Å². The Balaban J connectivity index is 1.37. The standard InChI is InChI=1S/C26H23F3N4O5/c1-14(30-22(35)11-15-5-7-17(8-6-15)26(27,28)29)16-3-2-4-18(12-16)31-19-13-23(36)33(25(19)38)20-9-10-21(34)32-24(20)37/h2-8,12-14,20,31H,9-11H2,1H3,(H,30,35)(H,32,34,37). The van der Waals surface area contributed by atoms with Gasteiger partial charge in [-0.1, -0.05) is 24.3 Å². The molecule has 0 aliphatic carbocycles. The fraction of sp³-hybridized carbons (Fsp3) is 0.269. The maximum absolute atomic E-state index is 12.9. The lowest BCUT2D eigenvalue weighted by molar-refractivity contribution is -0.149. The summed E-state index contributed by atoms with van der Waals surface area (Å²) in [5, 5.41) is 7.77. The van der Waals surface area contributed by atoms with Crippen LogP contribution in [0.1, 0.15) is 42.5 Å². The van der Waals surface area contributed by atoms with Gasteiger partial charge in [0.1, 0.15) is 11.7 Å². The minimum atomic E-state index is -4.45. The summed E-state index contributed by atoms with van der Waals surface area (Å²) in [5.74, 6) is -2.94. The molecule has 1 fully saturated rings. The van der Waals surface area contributed by atoms with Gasteiger partial charge in [0.05, 0.1) is 18.0 Å². The van der Waals surface area contributed by atoms with Crippen molar-refractivity contribution in [1.29, 1.82) is 0 Å². The number of halogens is 3. The number of rotatable bonds is 7. The van der Waals surface area contributed by atoms with Crippen LogP contribution in [-0.2, 0) is 36.6 Å². The fourth-order valence-electron chi connectivity index (χ4n) is 4.21. The summed E-state index contributed by atoms with van der Waals surface area (Å²) in [6.45, 7) is 1.72. The zero-order chi connectivity index (χ0) is 27.6. The van der Waals surface area contributed by atoms with Crippen molar-refractivity contribution in [3.8, 4) is 0 Å². The molecule has 4 rings (SSSR count). The first kappa shape index (κ1) is 26.6. The van der Waals surface area contributed by atoms with Gasteiger partial charge < -0.3 is 10.6 Å². The van der Waals surface area contributed by atoms with Gasteiger partial charge >= 0.3 is 6.18 Å². The summed E-state index contributed by atoms with van der Waals surface area (Å²) in [6, 6.07) is 9.52. The van der Waals surface area contributed by atoms with Crippen LogP contribution >= 0.6 is 0 Å². The van der Waals surface area contributed by atoms with E-state index in [-0.39, 0.29) is 25.0 Å². The van der Waals surface area contributed by atoms with Gasteiger partial charge in [-0.3, -0.25) is 34.2 Å². The first-order valence-corrected chi connectivity index (χ1v) is 11.7. The number of hydrogen-bond acceptors (Lipinski definition) is 6. The van der Waals surface area contributed by atoms with Crippen molar-refractivity contribution >= 4 is 35.2 Å². The van der Waals surface area contributed by atoms with Crippen LogP contribution in [0.5, 0.6) is 0 Å². The molecule has 0 spiro atoms. The number of nitrogens with zero attached hydrogens (tertiary/aromatic N) is 1. The Morgan fingerprint density at radius 1 is 1.11 bits per heavy atom. The maximum Gasteiger partial charge on any atom is 0.416 e. The Bertz CT molecular complexity index is 1340. The van der Waals surface area contributed by atoms with Crippen LogP contribution in [0.2, 0.25) is 0 Å². The lowest BCUT2D eigenvalue weighted by Gasteiger charge is -2.28. The molecule has 0 saturated carbocycles. The van der Waals surface area contributed by atoms with Crippen LogP contribution < -0.4 is 16.0 Å². The smallest absolute Gasteiger partial charge is 0.351 e. The summed E-state index contributed by atoms with van der Waals surface area (Å²) >= 11 is 0. The van der Waals surface area contributed by atoms with Crippen molar-refractivity contribution in [2.24, 2.45) is 0 Å². The van der Waals surface area contributed by atoms with Crippen LogP contribution in [0, 0.1) is 0 Å². The molecular weight excluding hydrogens is 505 g/mol. The third-order valence-electron chi connectivity index (χ3n) is 6.17. The minimum absolute atomic E-state index is 0.0146. The highest BCUT2D eigenvalue weighted by molar-refractivity contribution is 6.20. The summed E-state index contributed by atoms with van der Waals surface area (Å²) < 4.78 is 38.2. The van der Waals surface area contributed by atoms with E-state index in [0.29, 0.717) is 16.8 Å². The van der Waals surface area contributed by atoms with Gasteiger partial charge in [0.25, 0.3) is 11.8 Å². The third-order valence-corrected chi connectivity index (χ3v) is 6.17. The van der Waals surface area contributed by atoms with Gasteiger partial charge in [-0.25, -0.2) is 0 Å². The van der Waals surface area contributed by atoms with Gasteiger partial charge in [-0.15, -0.1) is 0 Å². The first-order chi connectivity index (χ1) is 17.9. The number of anilines is 1. The van der Waals surface area contributed by atoms with Crippen molar-refractivity contribution in [2.75, 3.05) is 5.32 Å². The highest BCUT2D eigenvalue weighted by Crippen LogP contribution is 2.29. The zero-order valence-electron chi connectivity index (χ0n) is 20.1. The van der Waals surface area contributed by atoms with Crippen molar-refractivity contribution in [1.82, 2.24) is 15.5 Å². The quantitative estimate of drug-likeness (QED) is 0.475. The molecule has 0 bridgehead atoms. The minimum Gasteiger partial charge on any atom is -0.351 e. The van der Waals surface area contributed by atoms with E-state index >= 15 is 0 Å². The molecular formula is C26H23F3N4O5. The van der Waals surface area contributed by atoms with Crippen molar-refractivity contribution in [3.63, 3.8) is 0 Å². The second-order valence-electron chi connectivity index (χ2n) is 8.95. The molecule has 198 valence electrons. The van der Waals surface area contributed by atoms with E-state index in [4.69, 9.17) is 0 Å². The number of carbonyl (C=O) groups is 5. The zero-order valence-corrected chi connectivity index (χ0v) is 20.1. The first-order valence-electron chi connectivity index (χ1n) is 11.7. The van der Waals surface area contributed by atoms with Crippen molar-refractivity contribution in [2.45, 2.75) is 44.4 Å². The van der Waals surface area contributed by atoms with E-state index in [9.17, 15) is 37.1 Å². The summed E-state index contributed by atoms with van der Waals surface area (Å²) in [5.41, 5.74) is 0.696. The van der Waals surface area contributed by atoms with Gasteiger partial charge in [0, 0.05) is 18.2 Å². The molecule has 2 aromatic rings. The van der Waals surface area contributed by atoms with Crippen LogP contribution in [0.3, 0.4) is 0 Å². The lowest BCUT2D eigenvalue weighted by atomic mass is 10.0. The fourth-order valence-corrected chi connectivity index (χ4v) is 4.21. The van der Waals surface area contributed by atoms with Gasteiger partial charge in [0.2, 0.25) is 17.7 Å². The Kier molecular flexibility index (Phi) is 7.33. The third kappa shape index (κ3) is 5.90. The molecule has 1 saturated heterocycles. The number of nitrogens with one attached hydrogen (secondary N) is 3. The summed E-state index contributed by atoms with van der Waals surface area (Å²) in [7, 11) is 0. The van der Waals surface area contributed by atoms with Crippen LogP contribution in [0.15, 0.2) is 60.3 Å². The molecule has 5 amide bonds. The van der Waals surface area contributed by atoms with Gasteiger partial charge in [-0.2, -0.15) is 13.2 Å². The van der Waals surface area contributed by atoms with E-state index in [1.165, 1.54) is 12.1 Å². The Morgan fingerprint density at radius 2 is 1.82 bits per heavy atom. The highest BCUT2D eigenvalue weighted by Gasteiger charge is 2.42. The number of benzene rings is 2. The van der Waals surface area contributed by atoms with Crippen molar-refractivity contribution in [3.05, 3.63) is 77.0 Å². The van der Waals surface area contributed by atoms with E-state index in [1.54, 1.807) is 31.2 Å². The molecule has 2 atom stereocenters. The normalized spacial score (nSPS) is 18.7. The summed E-state index contributed by atoms with van der Waals surface area (Å²) in [6.07, 6.45) is -3.43. The van der Waals surface area contributed by atoms with E-state index in [0.717, 1.165) is 23.1 Å². The summed E-state index contributed by atoms with van der Waals surface area (Å²) in [4.78, 5) is 62.1. The predicted octanol–water partition coefficient (Wildman–Crippen LogP) is 2.60. The monoisotopic (exact) mass is 528 g/mol. The highest BCUT2D eigenvalue weighted by atomic mass is 19.4. The lowest BCUT2D eigenvalue weighted by Crippen LogP contribution is -2.54. The number of hydrogen-bond donors (Lipinski definition) is 3. The van der Waals surface area contributed by atoms with Crippen LogP contribution in [-0.4, -0.2) is 40.5 Å². The molecule has 3 N–H and O–H groups in total. The molecule has 0 aromatic heterocycles. The molecule has 12 heteroatoms. The number of carbonyl (C=O) groups excluding carboxylic acids is 5. The average Bonchev–Trinajstić information content (AvgIpc) is 3.11. The maximum atomic E-state index is 12.9. The number of alkyl halides is 3. The molecule has 2 heterocycles. The SMILES string of the molecule is CC(NC(=O)Cc1ccc(C(F)(F)F)cc1)c1cccc(NC2=CC(=O)N(C3CCC(=O)NC3=O)C2=O)c1. The van der Waals surface area contributed by atoms with Crippen LogP contribution in [0.25, 0.3) is 0 Å². The van der Waals surface area contributed by atoms with Gasteiger partial charge in [-0.05, 0) is 48.7 Å². The van der Waals surface area contributed by atoms with E-state index < -0.39 is 53.4 Å². The molecule has 2 unspecified atom stereocenters. The Morgan fingerprint density at radius 3 is 2.47 bits per heavy atom. The van der Waals surface area contributed by atoms with Crippen molar-refractivity contribution < 1.29 is 37.1 Å². The molecule has 0 radical (unpaired) electrons. The molecule has 2 aromatic carbocycles. The number of piperidine rings is 1. The average molecular weight is 528 g/mol. The number of imide groups is 2. The second-order valence-corrected chi connectivity index (χ2v) is 8.95. The number of amides is 5. The second kappa shape index (κ2) is 10.5. The largest absolute Gasteiger partial charge is 0.416 e. The topological polar surface area (TPSA) is 125 Å². The Hall–Kier alpha value is -4.48. The van der Waals surface area contributed by atoms with E-state index in [2.05, 4.69) is 16.0 Å². The molecule has 38 heavy (non-hydrogen) atoms.